The number of carbonyl (C=O) groups excluding carboxylic acids is 1. The fourth-order valence-electron chi connectivity index (χ4n) is 1.27. The molecule has 14 heavy (non-hydrogen) atoms. The first kappa shape index (κ1) is 9.21. The molecule has 0 aliphatic rings. The van der Waals surface area contributed by atoms with Gasteiger partial charge in [0.15, 0.2) is 5.69 Å². The first-order valence-corrected chi connectivity index (χ1v) is 4.73. The molecule has 0 fully saturated rings. The molecule has 1 N–H and O–H groups in total. The Balaban J connectivity index is 2.72. The van der Waals surface area contributed by atoms with Crippen LogP contribution in [-0.2, 0) is 4.74 Å². The number of nitrogens with zero attached hydrogens (tertiary/aromatic N) is 1. The van der Waals surface area contributed by atoms with Gasteiger partial charge in [-0.1, -0.05) is 0 Å². The zero-order chi connectivity index (χ0) is 10.1. The topological polar surface area (TPSA) is 55.0 Å². The van der Waals surface area contributed by atoms with Gasteiger partial charge in [0, 0.05) is 22.3 Å². The van der Waals surface area contributed by atoms with Gasteiger partial charge in [-0.3, -0.25) is 0 Å². The van der Waals surface area contributed by atoms with E-state index in [2.05, 4.69) is 30.6 Å². The second-order valence-corrected chi connectivity index (χ2v) is 3.57. The van der Waals surface area contributed by atoms with Crippen LogP contribution in [0.4, 0.5) is 0 Å². The van der Waals surface area contributed by atoms with Crippen LogP contribution in [0.5, 0.6) is 0 Å². The molecular formula is C9H7BrN2O2. The van der Waals surface area contributed by atoms with E-state index in [1.54, 1.807) is 12.4 Å². The molecule has 0 aliphatic heterocycles. The van der Waals surface area contributed by atoms with Gasteiger partial charge in [0.2, 0.25) is 0 Å². The van der Waals surface area contributed by atoms with Gasteiger partial charge in [0.25, 0.3) is 0 Å². The lowest BCUT2D eigenvalue weighted by Crippen LogP contribution is -2.04. The molecule has 0 amide bonds. The van der Waals surface area contributed by atoms with Crippen LogP contribution < -0.4 is 0 Å². The van der Waals surface area contributed by atoms with E-state index in [0.29, 0.717) is 11.2 Å². The third kappa shape index (κ3) is 1.29. The van der Waals surface area contributed by atoms with Crippen molar-refractivity contribution in [3.63, 3.8) is 0 Å². The summed E-state index contributed by atoms with van der Waals surface area (Å²) >= 11 is 3.35. The van der Waals surface area contributed by atoms with Gasteiger partial charge >= 0.3 is 5.97 Å². The standard InChI is InChI=1S/C9H7BrN2O2/c1-14-9(13)8-7-5(2-3-11-7)6(10)4-12-8/h2-4,11H,1H3. The average Bonchev–Trinajstić information content (AvgIpc) is 2.67. The molecule has 0 aliphatic carbocycles. The van der Waals surface area contributed by atoms with Gasteiger partial charge in [0.1, 0.15) is 0 Å². The lowest BCUT2D eigenvalue weighted by Gasteiger charge is -2.00. The van der Waals surface area contributed by atoms with Crippen LogP contribution in [0.15, 0.2) is 22.9 Å². The maximum Gasteiger partial charge on any atom is 0.358 e. The quantitative estimate of drug-likeness (QED) is 0.794. The predicted molar refractivity (Wildman–Crippen MR) is 55.1 cm³/mol. The summed E-state index contributed by atoms with van der Waals surface area (Å²) in [5.74, 6) is -0.440. The van der Waals surface area contributed by atoms with Crippen molar-refractivity contribution < 1.29 is 9.53 Å². The molecule has 0 unspecified atom stereocenters. The summed E-state index contributed by atoms with van der Waals surface area (Å²) in [5.41, 5.74) is 0.988. The minimum atomic E-state index is -0.440. The summed E-state index contributed by atoms with van der Waals surface area (Å²) in [7, 11) is 1.33. The molecule has 2 heterocycles. The summed E-state index contributed by atoms with van der Waals surface area (Å²) in [6.07, 6.45) is 3.34. The van der Waals surface area contributed by atoms with Crippen LogP contribution in [0, 0.1) is 0 Å². The molecule has 4 nitrogen and oxygen atoms in total. The smallest absolute Gasteiger partial charge is 0.358 e. The molecule has 5 heteroatoms. The number of nitrogens with one attached hydrogen (secondary N) is 1. The van der Waals surface area contributed by atoms with E-state index in [0.717, 1.165) is 9.86 Å². The molecule has 0 saturated carbocycles. The molecule has 0 aromatic carbocycles. The van der Waals surface area contributed by atoms with Crippen molar-refractivity contribution in [2.45, 2.75) is 0 Å². The van der Waals surface area contributed by atoms with E-state index in [-0.39, 0.29) is 0 Å². The molecular weight excluding hydrogens is 248 g/mol. The van der Waals surface area contributed by atoms with E-state index in [9.17, 15) is 4.79 Å². The molecule has 0 atom stereocenters. The number of pyridine rings is 1. The Morgan fingerprint density at radius 2 is 2.43 bits per heavy atom. The van der Waals surface area contributed by atoms with Crippen molar-refractivity contribution in [2.24, 2.45) is 0 Å². The normalized spacial score (nSPS) is 10.4. The molecule has 72 valence electrons. The summed E-state index contributed by atoms with van der Waals surface area (Å²) in [5, 5.41) is 0.917. The second-order valence-electron chi connectivity index (χ2n) is 2.71. The number of fused-ring (bicyclic) bond motifs is 1. The van der Waals surface area contributed by atoms with Gasteiger partial charge in [-0.15, -0.1) is 0 Å². The van der Waals surface area contributed by atoms with Gasteiger partial charge in [-0.25, -0.2) is 9.78 Å². The molecule has 2 aromatic heterocycles. The minimum Gasteiger partial charge on any atom is -0.464 e. The number of esters is 1. The Morgan fingerprint density at radius 1 is 1.64 bits per heavy atom. The number of methoxy groups -OCH3 is 1. The summed E-state index contributed by atoms with van der Waals surface area (Å²) in [4.78, 5) is 18.3. The summed E-state index contributed by atoms with van der Waals surface area (Å²) in [6.45, 7) is 0. The van der Waals surface area contributed by atoms with Crippen LogP contribution in [-0.4, -0.2) is 23.0 Å². The molecule has 2 rings (SSSR count). The maximum atomic E-state index is 11.3. The highest BCUT2D eigenvalue weighted by Crippen LogP contribution is 2.24. The van der Waals surface area contributed by atoms with Crippen molar-refractivity contribution in [1.29, 1.82) is 0 Å². The highest BCUT2D eigenvalue weighted by molar-refractivity contribution is 9.10. The number of aromatic amines is 1. The van der Waals surface area contributed by atoms with Gasteiger partial charge in [0.05, 0.1) is 12.6 Å². The SMILES string of the molecule is COC(=O)c1ncc(Br)c2cc[nH]c12. The molecule has 0 bridgehead atoms. The van der Waals surface area contributed by atoms with Crippen LogP contribution in [0.2, 0.25) is 0 Å². The van der Waals surface area contributed by atoms with Gasteiger partial charge in [-0.2, -0.15) is 0 Å². The number of halogens is 1. The van der Waals surface area contributed by atoms with Crippen LogP contribution in [0.3, 0.4) is 0 Å². The molecule has 0 spiro atoms. The van der Waals surface area contributed by atoms with Crippen LogP contribution in [0.1, 0.15) is 10.5 Å². The number of aromatic nitrogens is 2. The Labute approximate surface area is 88.4 Å². The number of ether oxygens (including phenoxy) is 1. The van der Waals surface area contributed by atoms with Crippen LogP contribution >= 0.6 is 15.9 Å². The largest absolute Gasteiger partial charge is 0.464 e. The Hall–Kier alpha value is -1.36. The number of hydrogen-bond acceptors (Lipinski definition) is 3. The fraction of sp³-hybridized carbons (Fsp3) is 0.111. The number of hydrogen-bond donors (Lipinski definition) is 1. The lowest BCUT2D eigenvalue weighted by atomic mass is 10.2. The second kappa shape index (κ2) is 3.42. The maximum absolute atomic E-state index is 11.3. The first-order valence-electron chi connectivity index (χ1n) is 3.94. The van der Waals surface area contributed by atoms with Crippen molar-refractivity contribution in [1.82, 2.24) is 9.97 Å². The van der Waals surface area contributed by atoms with Gasteiger partial charge < -0.3 is 9.72 Å². The van der Waals surface area contributed by atoms with Crippen LogP contribution in [0.25, 0.3) is 10.9 Å². The summed E-state index contributed by atoms with van der Waals surface area (Å²) < 4.78 is 5.47. The van der Waals surface area contributed by atoms with E-state index in [4.69, 9.17) is 0 Å². The Morgan fingerprint density at radius 3 is 3.14 bits per heavy atom. The number of rotatable bonds is 1. The van der Waals surface area contributed by atoms with E-state index in [1.807, 2.05) is 6.07 Å². The number of H-pyrrole nitrogens is 1. The third-order valence-corrected chi connectivity index (χ3v) is 2.56. The van der Waals surface area contributed by atoms with E-state index >= 15 is 0 Å². The third-order valence-electron chi connectivity index (χ3n) is 1.93. The van der Waals surface area contributed by atoms with E-state index in [1.165, 1.54) is 7.11 Å². The minimum absolute atomic E-state index is 0.302. The highest BCUT2D eigenvalue weighted by Gasteiger charge is 2.14. The van der Waals surface area contributed by atoms with Crippen molar-refractivity contribution >= 4 is 32.8 Å². The average molecular weight is 255 g/mol. The Kier molecular flexibility index (Phi) is 2.25. The lowest BCUT2D eigenvalue weighted by molar-refractivity contribution is 0.0596. The monoisotopic (exact) mass is 254 g/mol. The van der Waals surface area contributed by atoms with Crippen molar-refractivity contribution in [3.05, 3.63) is 28.6 Å². The predicted octanol–water partition coefficient (Wildman–Crippen LogP) is 2.11. The molecule has 2 aromatic rings. The molecule has 0 radical (unpaired) electrons. The fourth-order valence-corrected chi connectivity index (χ4v) is 1.70. The molecule has 0 saturated heterocycles. The van der Waals surface area contributed by atoms with Gasteiger partial charge in [-0.05, 0) is 22.0 Å². The van der Waals surface area contributed by atoms with Crippen molar-refractivity contribution in [2.75, 3.05) is 7.11 Å². The zero-order valence-corrected chi connectivity index (χ0v) is 8.96. The van der Waals surface area contributed by atoms with Crippen molar-refractivity contribution in [3.8, 4) is 0 Å². The zero-order valence-electron chi connectivity index (χ0n) is 7.37. The number of carbonyl (C=O) groups is 1. The first-order chi connectivity index (χ1) is 6.74. The highest BCUT2D eigenvalue weighted by atomic mass is 79.9. The van der Waals surface area contributed by atoms with E-state index < -0.39 is 5.97 Å². The summed E-state index contributed by atoms with van der Waals surface area (Å²) in [6, 6.07) is 1.87. The Bertz CT molecular complexity index is 493.